The molecule has 20 heavy (non-hydrogen) atoms. The van der Waals surface area contributed by atoms with Gasteiger partial charge in [0.2, 0.25) is 0 Å². The fraction of sp³-hybridized carbons (Fsp3) is 0.250. The number of rotatable bonds is 5. The van der Waals surface area contributed by atoms with Crippen LogP contribution in [0.15, 0.2) is 48.1 Å². The Morgan fingerprint density at radius 1 is 1.40 bits per heavy atom. The monoisotopic (exact) mass is 267 g/mol. The summed E-state index contributed by atoms with van der Waals surface area (Å²) in [7, 11) is 0. The predicted octanol–water partition coefficient (Wildman–Crippen LogP) is 1.98. The van der Waals surface area contributed by atoms with Crippen LogP contribution in [0, 0.1) is 11.3 Å². The molecule has 0 aromatic heterocycles. The lowest BCUT2D eigenvalue weighted by molar-refractivity contribution is -0.00286. The van der Waals surface area contributed by atoms with E-state index in [4.69, 9.17) is 5.26 Å². The molecule has 0 bridgehead atoms. The van der Waals surface area contributed by atoms with Crippen LogP contribution in [0.3, 0.4) is 0 Å². The molecule has 1 N–H and O–H groups in total. The van der Waals surface area contributed by atoms with E-state index in [1.54, 1.807) is 6.21 Å². The number of nitriles is 1. The van der Waals surface area contributed by atoms with E-state index in [1.165, 1.54) is 5.56 Å². The zero-order valence-corrected chi connectivity index (χ0v) is 11.3. The van der Waals surface area contributed by atoms with Gasteiger partial charge in [-0.15, -0.1) is 0 Å². The van der Waals surface area contributed by atoms with E-state index in [9.17, 15) is 5.11 Å². The molecule has 1 aromatic carbocycles. The number of aliphatic imine (C=N–C) groups is 1. The van der Waals surface area contributed by atoms with Crippen LogP contribution < -0.4 is 0 Å². The summed E-state index contributed by atoms with van der Waals surface area (Å²) < 4.78 is 0. The largest absolute Gasteiger partial charge is 0.390 e. The average molecular weight is 267 g/mol. The van der Waals surface area contributed by atoms with Gasteiger partial charge in [-0.3, -0.25) is 4.90 Å². The van der Waals surface area contributed by atoms with Crippen molar-refractivity contribution in [3.8, 4) is 6.07 Å². The number of β-amino-alcohol motifs (C(OH)–C–C–N with tert-alkyl or cyclic N) is 1. The van der Waals surface area contributed by atoms with Gasteiger partial charge in [0.25, 0.3) is 0 Å². The fourth-order valence-corrected chi connectivity index (χ4v) is 2.01. The molecule has 1 fully saturated rings. The summed E-state index contributed by atoms with van der Waals surface area (Å²) in [5.74, 6) is 0. The van der Waals surface area contributed by atoms with E-state index in [2.05, 4.69) is 23.1 Å². The second-order valence-corrected chi connectivity index (χ2v) is 4.89. The number of likely N-dealkylation sites (tertiary alicyclic amines) is 1. The number of hydrogen-bond donors (Lipinski definition) is 1. The highest BCUT2D eigenvalue weighted by Crippen LogP contribution is 2.16. The summed E-state index contributed by atoms with van der Waals surface area (Å²) in [4.78, 5) is 6.09. The molecule has 1 saturated heterocycles. The molecule has 1 aliphatic rings. The first-order valence-corrected chi connectivity index (χ1v) is 6.40. The maximum absolute atomic E-state index is 9.24. The Hall–Kier alpha value is -2.22. The normalized spacial score (nSPS) is 15.8. The molecule has 0 atom stereocenters. The van der Waals surface area contributed by atoms with Crippen molar-refractivity contribution in [3.63, 3.8) is 0 Å². The van der Waals surface area contributed by atoms with Gasteiger partial charge in [-0.05, 0) is 16.7 Å². The van der Waals surface area contributed by atoms with Crippen LogP contribution in [0.5, 0.6) is 0 Å². The molecule has 102 valence electrons. The molecular formula is C16H17N3O. The van der Waals surface area contributed by atoms with E-state index in [0.717, 1.165) is 30.8 Å². The number of hydrogen-bond acceptors (Lipinski definition) is 4. The van der Waals surface area contributed by atoms with Crippen LogP contribution in [0.4, 0.5) is 0 Å². The zero-order valence-electron chi connectivity index (χ0n) is 11.3. The van der Waals surface area contributed by atoms with Crippen molar-refractivity contribution in [2.75, 3.05) is 13.1 Å². The molecule has 0 aliphatic carbocycles. The molecule has 1 aromatic rings. The Labute approximate surface area is 119 Å². The van der Waals surface area contributed by atoms with Gasteiger partial charge in [0.15, 0.2) is 0 Å². The fourth-order valence-electron chi connectivity index (χ4n) is 2.01. The number of benzene rings is 1. The lowest BCUT2D eigenvalue weighted by Gasteiger charge is -2.35. The molecule has 0 unspecified atom stereocenters. The third-order valence-electron chi connectivity index (χ3n) is 3.17. The van der Waals surface area contributed by atoms with Crippen LogP contribution >= 0.6 is 0 Å². The van der Waals surface area contributed by atoms with Gasteiger partial charge < -0.3 is 5.11 Å². The van der Waals surface area contributed by atoms with E-state index in [0.29, 0.717) is 0 Å². The van der Waals surface area contributed by atoms with Crippen LogP contribution in [0.1, 0.15) is 11.1 Å². The van der Waals surface area contributed by atoms with Crippen molar-refractivity contribution in [3.05, 3.63) is 54.2 Å². The molecule has 1 aliphatic heterocycles. The Morgan fingerprint density at radius 3 is 2.60 bits per heavy atom. The predicted molar refractivity (Wildman–Crippen MR) is 80.0 cm³/mol. The summed E-state index contributed by atoms with van der Waals surface area (Å²) in [6.07, 6.45) is 1.38. The topological polar surface area (TPSA) is 59.6 Å². The highest BCUT2D eigenvalue weighted by molar-refractivity contribution is 6.09. The van der Waals surface area contributed by atoms with Crippen molar-refractivity contribution in [1.82, 2.24) is 4.90 Å². The van der Waals surface area contributed by atoms with E-state index in [1.807, 2.05) is 30.3 Å². The van der Waals surface area contributed by atoms with E-state index in [-0.39, 0.29) is 11.8 Å². The van der Waals surface area contributed by atoms with Crippen LogP contribution in [0.25, 0.3) is 5.57 Å². The van der Waals surface area contributed by atoms with Gasteiger partial charge in [0.05, 0.1) is 6.10 Å². The molecule has 0 saturated carbocycles. The molecule has 4 nitrogen and oxygen atoms in total. The maximum atomic E-state index is 9.24. The highest BCUT2D eigenvalue weighted by Gasteiger charge is 2.23. The zero-order chi connectivity index (χ0) is 14.5. The molecule has 0 radical (unpaired) electrons. The summed E-state index contributed by atoms with van der Waals surface area (Å²) in [6.45, 7) is 9.74. The van der Waals surface area contributed by atoms with Gasteiger partial charge in [-0.1, -0.05) is 37.4 Å². The summed E-state index contributed by atoms with van der Waals surface area (Å²) >= 11 is 0. The SMILES string of the molecule is C=C(C#N)/N=C/C(=C)c1ccc(CN2CC(O)C2)cc1. The van der Waals surface area contributed by atoms with Gasteiger partial charge >= 0.3 is 0 Å². The second kappa shape index (κ2) is 6.29. The number of aliphatic hydroxyl groups excluding tert-OH is 1. The maximum Gasteiger partial charge on any atom is 0.133 e. The van der Waals surface area contributed by atoms with Crippen molar-refractivity contribution in [1.29, 1.82) is 5.26 Å². The number of nitrogens with zero attached hydrogens (tertiary/aromatic N) is 3. The third-order valence-corrected chi connectivity index (χ3v) is 3.17. The molecule has 2 rings (SSSR count). The van der Waals surface area contributed by atoms with Crippen LogP contribution in [0.2, 0.25) is 0 Å². The van der Waals surface area contributed by atoms with Crippen molar-refractivity contribution in [2.45, 2.75) is 12.6 Å². The summed E-state index contributed by atoms with van der Waals surface area (Å²) in [6, 6.07) is 9.90. The van der Waals surface area contributed by atoms with Crippen molar-refractivity contribution >= 4 is 11.8 Å². The Bertz CT molecular complexity index is 575. The van der Waals surface area contributed by atoms with Crippen LogP contribution in [-0.2, 0) is 6.54 Å². The third kappa shape index (κ3) is 3.64. The Balaban J connectivity index is 1.94. The quantitative estimate of drug-likeness (QED) is 0.655. The first-order chi connectivity index (χ1) is 9.58. The molecule has 4 heteroatoms. The minimum Gasteiger partial charge on any atom is -0.390 e. The number of aliphatic hydroxyl groups is 1. The van der Waals surface area contributed by atoms with Gasteiger partial charge in [-0.25, -0.2) is 4.99 Å². The van der Waals surface area contributed by atoms with Crippen LogP contribution in [-0.4, -0.2) is 35.4 Å². The lowest BCUT2D eigenvalue weighted by Crippen LogP contribution is -2.49. The van der Waals surface area contributed by atoms with E-state index < -0.39 is 0 Å². The molecule has 0 amide bonds. The first kappa shape index (κ1) is 14.2. The lowest BCUT2D eigenvalue weighted by atomic mass is 10.0. The molecule has 0 spiro atoms. The van der Waals surface area contributed by atoms with Crippen molar-refractivity contribution in [2.24, 2.45) is 4.99 Å². The number of allylic oxidation sites excluding steroid dienone is 2. The minimum absolute atomic E-state index is 0.166. The minimum atomic E-state index is -0.168. The highest BCUT2D eigenvalue weighted by atomic mass is 16.3. The summed E-state index contributed by atoms with van der Waals surface area (Å²) in [5, 5.41) is 17.8. The van der Waals surface area contributed by atoms with Gasteiger partial charge in [0.1, 0.15) is 11.8 Å². The molecular weight excluding hydrogens is 250 g/mol. The standard InChI is InChI=1S/C16H17N3O/c1-12(8-18-13(2)7-17)15-5-3-14(4-6-15)9-19-10-16(20)11-19/h3-6,8,16,20H,1-2,9-11H2/b18-8+. The Kier molecular flexibility index (Phi) is 4.46. The van der Waals surface area contributed by atoms with Gasteiger partial charge in [0, 0.05) is 25.8 Å². The first-order valence-electron chi connectivity index (χ1n) is 6.40. The van der Waals surface area contributed by atoms with E-state index >= 15 is 0 Å². The second-order valence-electron chi connectivity index (χ2n) is 4.89. The smallest absolute Gasteiger partial charge is 0.133 e. The summed E-state index contributed by atoms with van der Waals surface area (Å²) in [5.41, 5.74) is 3.07. The average Bonchev–Trinajstić information content (AvgIpc) is 2.43. The molecule has 1 heterocycles. The van der Waals surface area contributed by atoms with Gasteiger partial charge in [-0.2, -0.15) is 5.26 Å². The van der Waals surface area contributed by atoms with Crippen molar-refractivity contribution < 1.29 is 5.11 Å². The Morgan fingerprint density at radius 2 is 2.05 bits per heavy atom.